The maximum atomic E-state index is 12.4. The predicted molar refractivity (Wildman–Crippen MR) is 134 cm³/mol. The molecule has 1 amide bonds. The normalized spacial score (nSPS) is 10.7. The van der Waals surface area contributed by atoms with Gasteiger partial charge in [-0.1, -0.05) is 72.8 Å². The number of aryl methyl sites for hydroxylation is 4. The molecule has 3 heteroatoms. The third-order valence-corrected chi connectivity index (χ3v) is 5.95. The summed E-state index contributed by atoms with van der Waals surface area (Å²) in [7, 11) is 0. The molecule has 4 rings (SSSR count). The Morgan fingerprint density at radius 1 is 0.636 bits per heavy atom. The molecule has 0 aliphatic heterocycles. The zero-order valence-electron chi connectivity index (χ0n) is 18.9. The van der Waals surface area contributed by atoms with Crippen LogP contribution in [0.3, 0.4) is 0 Å². The fourth-order valence-electron chi connectivity index (χ4n) is 4.06. The maximum absolute atomic E-state index is 12.4. The van der Waals surface area contributed by atoms with E-state index in [1.165, 1.54) is 22.3 Å². The lowest BCUT2D eigenvalue weighted by Crippen LogP contribution is -2.22. The second-order valence-corrected chi connectivity index (χ2v) is 8.35. The topological polar surface area (TPSA) is 42.0 Å². The van der Waals surface area contributed by atoms with Crippen LogP contribution in [0.15, 0.2) is 103 Å². The number of pyridine rings is 1. The molecule has 1 aromatic heterocycles. The van der Waals surface area contributed by atoms with Crippen molar-refractivity contribution in [1.82, 2.24) is 10.3 Å². The molecule has 0 saturated carbocycles. The molecule has 1 N–H and O–H groups in total. The van der Waals surface area contributed by atoms with Gasteiger partial charge in [-0.15, -0.1) is 0 Å². The van der Waals surface area contributed by atoms with Gasteiger partial charge in [-0.25, -0.2) is 0 Å². The van der Waals surface area contributed by atoms with Gasteiger partial charge >= 0.3 is 0 Å². The molecule has 0 spiro atoms. The minimum atomic E-state index is -0.0576. The number of hydrogen-bond acceptors (Lipinski definition) is 2. The maximum Gasteiger partial charge on any atom is 0.251 e. The van der Waals surface area contributed by atoms with E-state index in [0.29, 0.717) is 12.1 Å². The van der Waals surface area contributed by atoms with Crippen LogP contribution in [-0.2, 0) is 32.2 Å². The number of nitrogens with zero attached hydrogens (tertiary/aromatic N) is 1. The van der Waals surface area contributed by atoms with Crippen molar-refractivity contribution >= 4 is 5.91 Å². The van der Waals surface area contributed by atoms with E-state index < -0.39 is 0 Å². The van der Waals surface area contributed by atoms with Crippen LogP contribution in [0, 0.1) is 0 Å². The lowest BCUT2D eigenvalue weighted by molar-refractivity contribution is 0.0951. The Morgan fingerprint density at radius 2 is 1.30 bits per heavy atom. The summed E-state index contributed by atoms with van der Waals surface area (Å²) in [5.74, 6) is -0.0576. The zero-order valence-corrected chi connectivity index (χ0v) is 18.9. The van der Waals surface area contributed by atoms with E-state index in [1.807, 2.05) is 24.3 Å². The number of amides is 1. The largest absolute Gasteiger partial charge is 0.348 e. The van der Waals surface area contributed by atoms with Gasteiger partial charge in [-0.2, -0.15) is 0 Å². The lowest BCUT2D eigenvalue weighted by atomic mass is 9.95. The molecular formula is C30H30N2O. The summed E-state index contributed by atoms with van der Waals surface area (Å²) in [4.78, 5) is 16.5. The molecule has 0 fully saturated rings. The van der Waals surface area contributed by atoms with Crippen molar-refractivity contribution < 1.29 is 4.79 Å². The third-order valence-electron chi connectivity index (χ3n) is 5.95. The van der Waals surface area contributed by atoms with Crippen LogP contribution in [0.4, 0.5) is 0 Å². The van der Waals surface area contributed by atoms with Crippen molar-refractivity contribution in [2.75, 3.05) is 0 Å². The van der Waals surface area contributed by atoms with E-state index in [1.54, 1.807) is 12.4 Å². The van der Waals surface area contributed by atoms with Crippen LogP contribution in [0.5, 0.6) is 0 Å². The highest BCUT2D eigenvalue weighted by molar-refractivity contribution is 5.94. The molecule has 3 aromatic carbocycles. The van der Waals surface area contributed by atoms with Gasteiger partial charge < -0.3 is 5.32 Å². The highest BCUT2D eigenvalue weighted by Gasteiger charge is 2.06. The van der Waals surface area contributed by atoms with Crippen LogP contribution in [-0.4, -0.2) is 10.9 Å². The fraction of sp³-hybridized carbons (Fsp3) is 0.200. The van der Waals surface area contributed by atoms with Gasteiger partial charge in [0.1, 0.15) is 0 Å². The molecular weight excluding hydrogens is 404 g/mol. The zero-order chi connectivity index (χ0) is 22.7. The Labute approximate surface area is 196 Å². The number of aromatic nitrogens is 1. The van der Waals surface area contributed by atoms with Gasteiger partial charge in [0, 0.05) is 24.5 Å². The van der Waals surface area contributed by atoms with Gasteiger partial charge in [0.2, 0.25) is 0 Å². The van der Waals surface area contributed by atoms with Crippen LogP contribution in [0.2, 0.25) is 0 Å². The molecule has 33 heavy (non-hydrogen) atoms. The second-order valence-electron chi connectivity index (χ2n) is 8.35. The Hall–Kier alpha value is -3.72. The van der Waals surface area contributed by atoms with Gasteiger partial charge in [-0.05, 0) is 78.1 Å². The third kappa shape index (κ3) is 6.88. The van der Waals surface area contributed by atoms with E-state index >= 15 is 0 Å². The summed E-state index contributed by atoms with van der Waals surface area (Å²) in [5, 5.41) is 2.95. The number of rotatable bonds is 10. The van der Waals surface area contributed by atoms with Crippen molar-refractivity contribution in [3.8, 4) is 0 Å². The molecule has 4 aromatic rings. The first kappa shape index (κ1) is 22.5. The standard InChI is InChI=1S/C30H30N2O/c33-30(32-23-26-11-7-21-31-22-26)29-19-16-25(17-20-29)10-6-14-27-12-4-5-13-28(27)18-15-24-8-2-1-3-9-24/h1-5,7-9,11-13,16-17,19-22H,6,10,14-15,18,23H2,(H,32,33). The van der Waals surface area contributed by atoms with Crippen molar-refractivity contribution in [3.63, 3.8) is 0 Å². The Kier molecular flexibility index (Phi) is 8.02. The summed E-state index contributed by atoms with van der Waals surface area (Å²) < 4.78 is 0. The molecule has 0 radical (unpaired) electrons. The summed E-state index contributed by atoms with van der Waals surface area (Å²) >= 11 is 0. The Morgan fingerprint density at radius 3 is 2.03 bits per heavy atom. The quantitative estimate of drug-likeness (QED) is 0.334. The average Bonchev–Trinajstić information content (AvgIpc) is 2.88. The molecule has 166 valence electrons. The summed E-state index contributed by atoms with van der Waals surface area (Å²) in [6.07, 6.45) is 8.81. The Balaban J connectivity index is 1.25. The van der Waals surface area contributed by atoms with E-state index in [0.717, 1.165) is 37.7 Å². The first-order valence-corrected chi connectivity index (χ1v) is 11.6. The summed E-state index contributed by atoms with van der Waals surface area (Å²) in [6.45, 7) is 0.484. The lowest BCUT2D eigenvalue weighted by Gasteiger charge is -2.10. The fourth-order valence-corrected chi connectivity index (χ4v) is 4.06. The number of carbonyl (C=O) groups excluding carboxylic acids is 1. The SMILES string of the molecule is O=C(NCc1cccnc1)c1ccc(CCCc2ccccc2CCc2ccccc2)cc1. The van der Waals surface area contributed by atoms with E-state index in [-0.39, 0.29) is 5.91 Å². The van der Waals surface area contributed by atoms with Crippen molar-refractivity contribution in [3.05, 3.63) is 137 Å². The number of carbonyl (C=O) groups is 1. The van der Waals surface area contributed by atoms with Crippen molar-refractivity contribution in [2.45, 2.75) is 38.6 Å². The molecule has 0 bridgehead atoms. The van der Waals surface area contributed by atoms with E-state index in [4.69, 9.17) is 0 Å². The minimum Gasteiger partial charge on any atom is -0.348 e. The summed E-state index contributed by atoms with van der Waals surface area (Å²) in [5.41, 5.74) is 7.22. The van der Waals surface area contributed by atoms with E-state index in [2.05, 4.69) is 77.0 Å². The predicted octanol–water partition coefficient (Wildman–Crippen LogP) is 5.97. The molecule has 3 nitrogen and oxygen atoms in total. The molecule has 0 atom stereocenters. The minimum absolute atomic E-state index is 0.0576. The second kappa shape index (κ2) is 11.8. The average molecular weight is 435 g/mol. The summed E-state index contributed by atoms with van der Waals surface area (Å²) in [6, 6.07) is 31.3. The van der Waals surface area contributed by atoms with Gasteiger partial charge in [0.15, 0.2) is 0 Å². The number of benzene rings is 3. The molecule has 0 aliphatic carbocycles. The van der Waals surface area contributed by atoms with Gasteiger partial charge in [0.05, 0.1) is 0 Å². The van der Waals surface area contributed by atoms with Crippen LogP contribution in [0.1, 0.15) is 44.6 Å². The molecule has 0 aliphatic rings. The van der Waals surface area contributed by atoms with Crippen molar-refractivity contribution in [1.29, 1.82) is 0 Å². The van der Waals surface area contributed by atoms with Gasteiger partial charge in [-0.3, -0.25) is 9.78 Å². The number of nitrogens with one attached hydrogen (secondary N) is 1. The van der Waals surface area contributed by atoms with Crippen LogP contribution < -0.4 is 5.32 Å². The van der Waals surface area contributed by atoms with Crippen LogP contribution in [0.25, 0.3) is 0 Å². The molecule has 0 unspecified atom stereocenters. The highest BCUT2D eigenvalue weighted by Crippen LogP contribution is 2.16. The van der Waals surface area contributed by atoms with Crippen LogP contribution >= 0.6 is 0 Å². The van der Waals surface area contributed by atoms with Gasteiger partial charge in [0.25, 0.3) is 5.91 Å². The Bertz CT molecular complexity index is 1140. The first-order valence-electron chi connectivity index (χ1n) is 11.6. The first-order chi connectivity index (χ1) is 16.3. The monoisotopic (exact) mass is 434 g/mol. The van der Waals surface area contributed by atoms with E-state index in [9.17, 15) is 4.79 Å². The number of hydrogen-bond donors (Lipinski definition) is 1. The smallest absolute Gasteiger partial charge is 0.251 e. The molecule has 0 saturated heterocycles. The molecule has 1 heterocycles. The highest BCUT2D eigenvalue weighted by atomic mass is 16.1. The van der Waals surface area contributed by atoms with Crippen molar-refractivity contribution in [2.24, 2.45) is 0 Å².